The molecule has 2 N–H and O–H groups in total. The molecule has 1 aromatic heterocycles. The zero-order valence-corrected chi connectivity index (χ0v) is 19.6. The second-order valence-electron chi connectivity index (χ2n) is 8.25. The largest absolute Gasteiger partial charge is 0.476 e. The van der Waals surface area contributed by atoms with E-state index in [1.807, 2.05) is 0 Å². The minimum Gasteiger partial charge on any atom is -0.476 e. The van der Waals surface area contributed by atoms with Gasteiger partial charge in [-0.15, -0.1) is 0 Å². The summed E-state index contributed by atoms with van der Waals surface area (Å²) in [5, 5.41) is 0. The van der Waals surface area contributed by atoms with Gasteiger partial charge < -0.3 is 10.5 Å². The van der Waals surface area contributed by atoms with E-state index in [9.17, 15) is 21.2 Å². The highest BCUT2D eigenvalue weighted by atomic mass is 32.2. The van der Waals surface area contributed by atoms with Gasteiger partial charge in [-0.25, -0.2) is 17.8 Å². The molecule has 2 atom stereocenters. The molecule has 2 aliphatic heterocycles. The second kappa shape index (κ2) is 9.63. The Morgan fingerprint density at radius 2 is 1.91 bits per heavy atom. The fourth-order valence-corrected chi connectivity index (χ4v) is 7.53. The molecule has 0 saturated carbocycles. The summed E-state index contributed by atoms with van der Waals surface area (Å²) in [4.78, 5) is 4.15. The molecule has 180 valence electrons. The number of hydrogen-bond donors (Lipinski definition) is 1. The van der Waals surface area contributed by atoms with Gasteiger partial charge in [-0.05, 0) is 29.7 Å². The predicted octanol–water partition coefficient (Wildman–Crippen LogP) is 0.892. The fourth-order valence-electron chi connectivity index (χ4n) is 4.26. The number of halogens is 1. The van der Waals surface area contributed by atoms with Crippen molar-refractivity contribution in [1.82, 2.24) is 13.6 Å². The van der Waals surface area contributed by atoms with E-state index in [1.165, 1.54) is 14.7 Å². The number of sulfone groups is 1. The van der Waals surface area contributed by atoms with Crippen LogP contribution in [0.25, 0.3) is 0 Å². The van der Waals surface area contributed by atoms with Crippen molar-refractivity contribution in [3.05, 3.63) is 59.5 Å². The number of pyridine rings is 1. The number of hydrogen-bond acceptors (Lipinski definition) is 7. The lowest BCUT2D eigenvalue weighted by atomic mass is 9.96. The molecule has 12 heteroatoms. The van der Waals surface area contributed by atoms with Gasteiger partial charge in [0.2, 0.25) is 5.88 Å². The third-order valence-electron chi connectivity index (χ3n) is 6.09. The molecule has 2 fully saturated rings. The Balaban J connectivity index is 1.57. The predicted molar refractivity (Wildman–Crippen MR) is 121 cm³/mol. The molecule has 2 aliphatic rings. The van der Waals surface area contributed by atoms with Crippen LogP contribution in [0, 0.1) is 5.82 Å². The Morgan fingerprint density at radius 3 is 2.61 bits per heavy atom. The smallest absolute Gasteiger partial charge is 0.282 e. The van der Waals surface area contributed by atoms with Gasteiger partial charge in [-0.1, -0.05) is 18.2 Å². The Bertz CT molecular complexity index is 1190. The summed E-state index contributed by atoms with van der Waals surface area (Å²) in [5.74, 6) is -0.843. The van der Waals surface area contributed by atoms with E-state index in [2.05, 4.69) is 4.98 Å². The molecule has 4 rings (SSSR count). The van der Waals surface area contributed by atoms with E-state index in [1.54, 1.807) is 36.5 Å². The van der Waals surface area contributed by atoms with Crippen molar-refractivity contribution in [2.75, 3.05) is 37.7 Å². The van der Waals surface area contributed by atoms with Gasteiger partial charge in [0, 0.05) is 44.4 Å². The van der Waals surface area contributed by atoms with Crippen molar-refractivity contribution < 1.29 is 26.0 Å². The van der Waals surface area contributed by atoms with Gasteiger partial charge in [0.05, 0.1) is 17.5 Å². The standard InChI is InChI=1S/C21H27FN4O5S2/c22-20-4-2-1-3-19(20)17-12-18(15-31-21-11-16(13-23)5-6-24-21)26(14-17)33(29,30)25-7-9-32(27,28)10-8-25/h1-6,11,17-18H,7-10,12-15,23H2/t17-,18-/m0/s1. The fraction of sp³-hybridized carbons (Fsp3) is 0.476. The third kappa shape index (κ3) is 5.35. The van der Waals surface area contributed by atoms with Crippen molar-refractivity contribution in [2.24, 2.45) is 5.73 Å². The zero-order valence-electron chi connectivity index (χ0n) is 18.0. The molecular weight excluding hydrogens is 471 g/mol. The monoisotopic (exact) mass is 498 g/mol. The van der Waals surface area contributed by atoms with Gasteiger partial charge >= 0.3 is 0 Å². The Hall–Kier alpha value is -2.12. The van der Waals surface area contributed by atoms with Gasteiger partial charge in [-0.3, -0.25) is 0 Å². The summed E-state index contributed by atoms with van der Waals surface area (Å²) in [6.07, 6.45) is 1.93. The molecule has 9 nitrogen and oxygen atoms in total. The molecule has 0 unspecified atom stereocenters. The van der Waals surface area contributed by atoms with Gasteiger partial charge in [0.15, 0.2) is 9.84 Å². The maximum absolute atomic E-state index is 14.5. The second-order valence-corrected chi connectivity index (χ2v) is 12.4. The van der Waals surface area contributed by atoms with Crippen molar-refractivity contribution in [3.63, 3.8) is 0 Å². The number of nitrogens with zero attached hydrogens (tertiary/aromatic N) is 3. The van der Waals surface area contributed by atoms with Gasteiger partial charge in [-0.2, -0.15) is 17.0 Å². The third-order valence-corrected chi connectivity index (χ3v) is 9.76. The van der Waals surface area contributed by atoms with Crippen LogP contribution in [0.5, 0.6) is 5.88 Å². The number of rotatable bonds is 7. The molecule has 3 heterocycles. The first-order valence-corrected chi connectivity index (χ1v) is 13.9. The Morgan fingerprint density at radius 1 is 1.18 bits per heavy atom. The molecule has 0 amide bonds. The summed E-state index contributed by atoms with van der Waals surface area (Å²) in [6, 6.07) is 9.21. The molecule has 0 spiro atoms. The summed E-state index contributed by atoms with van der Waals surface area (Å²) in [5.41, 5.74) is 6.94. The normalized spacial score (nSPS) is 24.1. The van der Waals surface area contributed by atoms with Crippen LogP contribution in [0.2, 0.25) is 0 Å². The first kappa shape index (κ1) is 24.0. The molecule has 33 heavy (non-hydrogen) atoms. The molecule has 2 saturated heterocycles. The Kier molecular flexibility index (Phi) is 7.01. The van der Waals surface area contributed by atoms with Crippen LogP contribution in [0.4, 0.5) is 4.39 Å². The van der Waals surface area contributed by atoms with Gasteiger partial charge in [0.1, 0.15) is 12.4 Å². The molecule has 1 aromatic carbocycles. The van der Waals surface area contributed by atoms with Gasteiger partial charge in [0.25, 0.3) is 10.2 Å². The molecule has 2 aromatic rings. The Labute approximate surface area is 193 Å². The van der Waals surface area contributed by atoms with Crippen LogP contribution in [0.15, 0.2) is 42.6 Å². The van der Waals surface area contributed by atoms with E-state index in [0.29, 0.717) is 24.4 Å². The quantitative estimate of drug-likeness (QED) is 0.601. The van der Waals surface area contributed by atoms with E-state index < -0.39 is 26.1 Å². The number of nitrogens with two attached hydrogens (primary N) is 1. The first-order chi connectivity index (χ1) is 15.7. The lowest BCUT2D eigenvalue weighted by Crippen LogP contribution is -2.52. The summed E-state index contributed by atoms with van der Waals surface area (Å²) in [7, 11) is -7.22. The summed E-state index contributed by atoms with van der Waals surface area (Å²) < 4.78 is 73.3. The van der Waals surface area contributed by atoms with E-state index in [4.69, 9.17) is 10.5 Å². The number of benzene rings is 1. The number of aromatic nitrogens is 1. The van der Waals surface area contributed by atoms with Crippen molar-refractivity contribution in [2.45, 2.75) is 24.9 Å². The van der Waals surface area contributed by atoms with E-state index in [-0.39, 0.29) is 49.5 Å². The van der Waals surface area contributed by atoms with Crippen molar-refractivity contribution in [3.8, 4) is 5.88 Å². The maximum atomic E-state index is 14.5. The lowest BCUT2D eigenvalue weighted by Gasteiger charge is -2.32. The molecule has 0 aliphatic carbocycles. The minimum absolute atomic E-state index is 0.0251. The van der Waals surface area contributed by atoms with Crippen LogP contribution >= 0.6 is 0 Å². The van der Waals surface area contributed by atoms with Crippen LogP contribution in [-0.4, -0.2) is 74.2 Å². The van der Waals surface area contributed by atoms with Crippen LogP contribution in [0.1, 0.15) is 23.5 Å². The van der Waals surface area contributed by atoms with E-state index in [0.717, 1.165) is 5.56 Å². The maximum Gasteiger partial charge on any atom is 0.282 e. The van der Waals surface area contributed by atoms with E-state index >= 15 is 0 Å². The SMILES string of the molecule is NCc1ccnc(OC[C@@H]2C[C@H](c3ccccc3F)CN2S(=O)(=O)N2CCS(=O)(=O)CC2)c1. The van der Waals surface area contributed by atoms with Crippen LogP contribution in [-0.2, 0) is 26.6 Å². The highest BCUT2D eigenvalue weighted by Crippen LogP contribution is 2.36. The van der Waals surface area contributed by atoms with Crippen LogP contribution in [0.3, 0.4) is 0 Å². The molecular formula is C21H27FN4O5S2. The highest BCUT2D eigenvalue weighted by Gasteiger charge is 2.44. The zero-order chi connectivity index (χ0) is 23.6. The highest BCUT2D eigenvalue weighted by molar-refractivity contribution is 7.91. The topological polar surface area (TPSA) is 123 Å². The van der Waals surface area contributed by atoms with Crippen molar-refractivity contribution in [1.29, 1.82) is 0 Å². The summed E-state index contributed by atoms with van der Waals surface area (Å²) in [6.45, 7) is 0.225. The average molecular weight is 499 g/mol. The lowest BCUT2D eigenvalue weighted by molar-refractivity contribution is 0.218. The van der Waals surface area contributed by atoms with Crippen molar-refractivity contribution >= 4 is 20.0 Å². The number of ether oxygens (including phenoxy) is 1. The minimum atomic E-state index is -3.97. The first-order valence-electron chi connectivity index (χ1n) is 10.7. The van der Waals surface area contributed by atoms with Crippen LogP contribution < -0.4 is 10.5 Å². The molecule has 0 bridgehead atoms. The molecule has 0 radical (unpaired) electrons. The average Bonchev–Trinajstić information content (AvgIpc) is 3.23. The summed E-state index contributed by atoms with van der Waals surface area (Å²) >= 11 is 0.